The van der Waals surface area contributed by atoms with Crippen molar-refractivity contribution in [3.63, 3.8) is 0 Å². The van der Waals surface area contributed by atoms with Gasteiger partial charge in [-0.2, -0.15) is 0 Å². The van der Waals surface area contributed by atoms with Crippen molar-refractivity contribution in [3.8, 4) is 0 Å². The molecule has 1 atom stereocenters. The van der Waals surface area contributed by atoms with Crippen LogP contribution in [0.2, 0.25) is 0 Å². The van der Waals surface area contributed by atoms with Gasteiger partial charge in [0.2, 0.25) is 11.9 Å². The van der Waals surface area contributed by atoms with Crippen molar-refractivity contribution in [2.24, 2.45) is 10.8 Å². The number of ether oxygens (including phenoxy) is 1. The number of oxazole rings is 1. The van der Waals surface area contributed by atoms with Crippen molar-refractivity contribution >= 4 is 5.96 Å². The van der Waals surface area contributed by atoms with E-state index in [4.69, 9.17) is 15.0 Å². The molecule has 1 unspecified atom stereocenters. The van der Waals surface area contributed by atoms with Crippen molar-refractivity contribution in [3.05, 3.63) is 17.3 Å². The van der Waals surface area contributed by atoms with Gasteiger partial charge in [-0.3, -0.25) is 5.43 Å². The molecule has 1 aromatic rings. The van der Waals surface area contributed by atoms with Crippen LogP contribution in [0.1, 0.15) is 24.3 Å². The van der Waals surface area contributed by atoms with Crippen molar-refractivity contribution in [2.75, 3.05) is 13.7 Å². The van der Waals surface area contributed by atoms with Gasteiger partial charge in [-0.1, -0.05) is 0 Å². The first kappa shape index (κ1) is 14.5. The summed E-state index contributed by atoms with van der Waals surface area (Å²) in [5, 5.41) is 3.08. The van der Waals surface area contributed by atoms with E-state index < -0.39 is 0 Å². The van der Waals surface area contributed by atoms with Gasteiger partial charge in [-0.05, 0) is 20.8 Å². The van der Waals surface area contributed by atoms with Crippen LogP contribution >= 0.6 is 0 Å². The number of methoxy groups -OCH3 is 1. The van der Waals surface area contributed by atoms with E-state index in [2.05, 4.69) is 20.7 Å². The van der Waals surface area contributed by atoms with Crippen LogP contribution in [0, 0.1) is 13.8 Å². The zero-order valence-corrected chi connectivity index (χ0v) is 11.3. The molecule has 0 spiro atoms. The van der Waals surface area contributed by atoms with Gasteiger partial charge >= 0.3 is 0 Å². The molecule has 102 valence electrons. The maximum Gasteiger partial charge on any atom is 0.216 e. The summed E-state index contributed by atoms with van der Waals surface area (Å²) in [5.74, 6) is 7.24. The summed E-state index contributed by atoms with van der Waals surface area (Å²) in [5.41, 5.74) is 3.37. The molecule has 7 nitrogen and oxygen atoms in total. The molecule has 0 aliphatic heterocycles. The lowest BCUT2D eigenvalue weighted by Crippen LogP contribution is -2.46. The number of hydrogen-bond acceptors (Lipinski definition) is 5. The van der Waals surface area contributed by atoms with Crippen LogP contribution in [0.5, 0.6) is 0 Å². The van der Waals surface area contributed by atoms with Crippen LogP contribution in [0.15, 0.2) is 9.41 Å². The summed E-state index contributed by atoms with van der Waals surface area (Å²) >= 11 is 0. The van der Waals surface area contributed by atoms with Gasteiger partial charge in [0.25, 0.3) is 0 Å². The average Bonchev–Trinajstić information content (AvgIpc) is 2.64. The van der Waals surface area contributed by atoms with E-state index in [1.807, 2.05) is 20.8 Å². The Balaban J connectivity index is 2.56. The smallest absolute Gasteiger partial charge is 0.216 e. The van der Waals surface area contributed by atoms with E-state index in [1.54, 1.807) is 7.11 Å². The summed E-state index contributed by atoms with van der Waals surface area (Å²) in [7, 11) is 1.64. The number of aromatic nitrogens is 1. The summed E-state index contributed by atoms with van der Waals surface area (Å²) in [4.78, 5) is 8.48. The standard InChI is InChI=1S/C11H21N5O2/c1-7(6-17-4)14-11(16-12)13-5-10-15-8(2)9(3)18-10/h7H,5-6,12H2,1-4H3,(H2,13,14,16). The maximum atomic E-state index is 5.42. The molecular weight excluding hydrogens is 234 g/mol. The summed E-state index contributed by atoms with van der Waals surface area (Å²) in [6.45, 7) is 6.64. The fraction of sp³-hybridized carbons (Fsp3) is 0.636. The minimum absolute atomic E-state index is 0.109. The van der Waals surface area contributed by atoms with Crippen LogP contribution in [0.25, 0.3) is 0 Å². The van der Waals surface area contributed by atoms with Crippen molar-refractivity contribution in [1.82, 2.24) is 15.7 Å². The Labute approximate surface area is 107 Å². The first-order chi connectivity index (χ1) is 8.56. The topological polar surface area (TPSA) is 97.7 Å². The van der Waals surface area contributed by atoms with E-state index in [1.165, 1.54) is 0 Å². The lowest BCUT2D eigenvalue weighted by molar-refractivity contribution is 0.179. The highest BCUT2D eigenvalue weighted by Crippen LogP contribution is 2.08. The van der Waals surface area contributed by atoms with Gasteiger partial charge in [0.05, 0.1) is 12.3 Å². The molecule has 1 heterocycles. The monoisotopic (exact) mass is 255 g/mol. The zero-order valence-electron chi connectivity index (χ0n) is 11.3. The normalized spacial score (nSPS) is 13.5. The molecule has 1 aromatic heterocycles. The highest BCUT2D eigenvalue weighted by Gasteiger charge is 2.07. The number of hydrazine groups is 1. The summed E-state index contributed by atoms with van der Waals surface area (Å²) in [6.07, 6.45) is 0. The third-order valence-corrected chi connectivity index (χ3v) is 2.38. The van der Waals surface area contributed by atoms with Gasteiger partial charge in [-0.15, -0.1) is 0 Å². The van der Waals surface area contributed by atoms with E-state index >= 15 is 0 Å². The second-order valence-corrected chi connectivity index (χ2v) is 4.06. The number of guanidine groups is 1. The molecule has 0 saturated carbocycles. The Morgan fingerprint density at radius 3 is 2.78 bits per heavy atom. The Bertz CT molecular complexity index is 383. The van der Waals surface area contributed by atoms with Gasteiger partial charge in [-0.25, -0.2) is 15.8 Å². The largest absolute Gasteiger partial charge is 0.444 e. The number of nitrogens with zero attached hydrogens (tertiary/aromatic N) is 2. The second kappa shape index (κ2) is 6.97. The molecule has 0 aliphatic rings. The first-order valence-corrected chi connectivity index (χ1v) is 5.76. The van der Waals surface area contributed by atoms with Gasteiger partial charge in [0, 0.05) is 13.2 Å². The molecule has 0 aliphatic carbocycles. The molecule has 0 amide bonds. The Hall–Kier alpha value is -1.60. The third-order valence-electron chi connectivity index (χ3n) is 2.38. The number of nitrogens with one attached hydrogen (secondary N) is 2. The number of nitrogens with two attached hydrogens (primary N) is 1. The fourth-order valence-corrected chi connectivity index (χ4v) is 1.41. The molecule has 7 heteroatoms. The van der Waals surface area contributed by atoms with Crippen molar-refractivity contribution in [2.45, 2.75) is 33.4 Å². The third kappa shape index (κ3) is 4.34. The first-order valence-electron chi connectivity index (χ1n) is 5.76. The quantitative estimate of drug-likeness (QED) is 0.302. The predicted octanol–water partition coefficient (Wildman–Crippen LogP) is 0.235. The molecule has 0 bridgehead atoms. The highest BCUT2D eigenvalue weighted by molar-refractivity contribution is 5.79. The van der Waals surface area contributed by atoms with Crippen LogP contribution < -0.4 is 16.6 Å². The van der Waals surface area contributed by atoms with Gasteiger partial charge < -0.3 is 14.5 Å². The fourth-order valence-electron chi connectivity index (χ4n) is 1.41. The maximum absolute atomic E-state index is 5.42. The zero-order chi connectivity index (χ0) is 13.5. The van der Waals surface area contributed by atoms with E-state index in [0.29, 0.717) is 25.0 Å². The van der Waals surface area contributed by atoms with Crippen LogP contribution in [-0.4, -0.2) is 30.7 Å². The predicted molar refractivity (Wildman–Crippen MR) is 68.9 cm³/mol. The van der Waals surface area contributed by atoms with E-state index in [-0.39, 0.29) is 6.04 Å². The number of rotatable bonds is 5. The minimum atomic E-state index is 0.109. The van der Waals surface area contributed by atoms with Crippen LogP contribution in [0.4, 0.5) is 0 Å². The Morgan fingerprint density at radius 1 is 1.56 bits per heavy atom. The Morgan fingerprint density at radius 2 is 2.28 bits per heavy atom. The molecule has 0 saturated heterocycles. The SMILES string of the molecule is COCC(C)NC(=NCc1nc(C)c(C)o1)NN. The lowest BCUT2D eigenvalue weighted by Gasteiger charge is -2.15. The molecule has 18 heavy (non-hydrogen) atoms. The van der Waals surface area contributed by atoms with E-state index in [9.17, 15) is 0 Å². The number of hydrogen-bond donors (Lipinski definition) is 3. The summed E-state index contributed by atoms with van der Waals surface area (Å²) in [6, 6.07) is 0.109. The Kier molecular flexibility index (Phi) is 5.60. The summed E-state index contributed by atoms with van der Waals surface area (Å²) < 4.78 is 10.4. The van der Waals surface area contributed by atoms with Crippen molar-refractivity contribution in [1.29, 1.82) is 0 Å². The minimum Gasteiger partial charge on any atom is -0.444 e. The molecule has 0 aromatic carbocycles. The van der Waals surface area contributed by atoms with Crippen molar-refractivity contribution < 1.29 is 9.15 Å². The van der Waals surface area contributed by atoms with Crippen LogP contribution in [0.3, 0.4) is 0 Å². The second-order valence-electron chi connectivity index (χ2n) is 4.06. The van der Waals surface area contributed by atoms with Gasteiger partial charge in [0.15, 0.2) is 0 Å². The molecular formula is C11H21N5O2. The molecule has 1 rings (SSSR count). The lowest BCUT2D eigenvalue weighted by atomic mass is 10.4. The number of aliphatic imine (C=N–C) groups is 1. The highest BCUT2D eigenvalue weighted by atomic mass is 16.5. The van der Waals surface area contributed by atoms with Crippen LogP contribution in [-0.2, 0) is 11.3 Å². The molecule has 0 radical (unpaired) electrons. The average molecular weight is 255 g/mol. The van der Waals surface area contributed by atoms with E-state index in [0.717, 1.165) is 11.5 Å². The molecule has 0 fully saturated rings. The van der Waals surface area contributed by atoms with Gasteiger partial charge in [0.1, 0.15) is 12.3 Å². The molecule has 4 N–H and O–H groups in total. The number of aryl methyl sites for hydroxylation is 2.